The van der Waals surface area contributed by atoms with Crippen LogP contribution < -0.4 is 4.74 Å². The van der Waals surface area contributed by atoms with E-state index in [2.05, 4.69) is 6.58 Å². The fraction of sp³-hybridized carbons (Fsp3) is 0.0952. The van der Waals surface area contributed by atoms with Gasteiger partial charge < -0.3 is 4.74 Å². The van der Waals surface area contributed by atoms with Gasteiger partial charge in [0.2, 0.25) is 0 Å². The van der Waals surface area contributed by atoms with Gasteiger partial charge >= 0.3 is 0 Å². The first-order valence-electron chi connectivity index (χ1n) is 7.67. The molecule has 2 rings (SSSR count). The second-order valence-electron chi connectivity index (χ2n) is 5.28. The number of carbonyl (C=O) groups is 1. The third-order valence-corrected chi connectivity index (χ3v) is 4.35. The van der Waals surface area contributed by atoms with E-state index in [1.165, 1.54) is 12.2 Å². The normalized spacial score (nSPS) is 11.2. The van der Waals surface area contributed by atoms with Gasteiger partial charge in [-0.3, -0.25) is 4.79 Å². The van der Waals surface area contributed by atoms with E-state index in [1.807, 2.05) is 24.3 Å². The maximum Gasteiger partial charge on any atom is 0.178 e. The monoisotopic (exact) mass is 372 g/mol. The number of hydrogen-bond donors (Lipinski definition) is 0. The van der Waals surface area contributed by atoms with Crippen LogP contribution >= 0.6 is 23.2 Å². The van der Waals surface area contributed by atoms with Crippen LogP contribution in [0.5, 0.6) is 5.75 Å². The molecule has 0 aliphatic carbocycles. The highest BCUT2D eigenvalue weighted by Crippen LogP contribution is 2.26. The maximum absolute atomic E-state index is 12.0. The van der Waals surface area contributed by atoms with Crippen molar-refractivity contribution in [2.24, 2.45) is 0 Å². The predicted molar refractivity (Wildman–Crippen MR) is 106 cm³/mol. The van der Waals surface area contributed by atoms with Crippen molar-refractivity contribution < 1.29 is 9.53 Å². The van der Waals surface area contributed by atoms with E-state index in [9.17, 15) is 4.79 Å². The minimum absolute atomic E-state index is 0.142. The Balaban J connectivity index is 2.12. The molecule has 0 saturated carbocycles. The highest BCUT2D eigenvalue weighted by atomic mass is 35.5. The Bertz CT molecular complexity index is 836. The van der Waals surface area contributed by atoms with Crippen LogP contribution in [0.1, 0.15) is 16.7 Å². The van der Waals surface area contributed by atoms with Crippen LogP contribution in [0, 0.1) is 0 Å². The zero-order valence-electron chi connectivity index (χ0n) is 13.8. The first-order chi connectivity index (χ1) is 12.0. The predicted octanol–water partition coefficient (Wildman–Crippen LogP) is 6.03. The topological polar surface area (TPSA) is 26.3 Å². The van der Waals surface area contributed by atoms with E-state index < -0.39 is 0 Å². The van der Waals surface area contributed by atoms with Crippen molar-refractivity contribution in [3.8, 4) is 5.75 Å². The molecule has 2 aromatic carbocycles. The third kappa shape index (κ3) is 5.35. The van der Waals surface area contributed by atoms with Gasteiger partial charge in [-0.2, -0.15) is 0 Å². The van der Waals surface area contributed by atoms with Gasteiger partial charge in [0, 0.05) is 0 Å². The summed E-state index contributed by atoms with van der Waals surface area (Å²) in [5, 5.41) is 0.890. The number of hydrogen-bond acceptors (Lipinski definition) is 2. The molecular weight excluding hydrogens is 355 g/mol. The van der Waals surface area contributed by atoms with Gasteiger partial charge in [-0.15, -0.1) is 6.58 Å². The first-order valence-corrected chi connectivity index (χ1v) is 8.42. The van der Waals surface area contributed by atoms with Crippen LogP contribution in [0.25, 0.3) is 12.2 Å². The van der Waals surface area contributed by atoms with Gasteiger partial charge in [0.05, 0.1) is 17.2 Å². The summed E-state index contributed by atoms with van der Waals surface area (Å²) in [5.41, 5.74) is 2.64. The lowest BCUT2D eigenvalue weighted by molar-refractivity contribution is -0.110. The number of allylic oxidation sites excluding steroid dienone is 3. The highest BCUT2D eigenvalue weighted by molar-refractivity contribution is 6.42. The molecule has 0 heterocycles. The molecule has 0 N–H and O–H groups in total. The Labute approximate surface area is 158 Å². The summed E-state index contributed by atoms with van der Waals surface area (Å²) < 4.78 is 5.31. The summed E-state index contributed by atoms with van der Waals surface area (Å²) in [7, 11) is 1.63. The molecular formula is C21H18Cl2O2. The van der Waals surface area contributed by atoms with Crippen LogP contribution in [0.15, 0.2) is 61.2 Å². The van der Waals surface area contributed by atoms with Crippen molar-refractivity contribution in [1.29, 1.82) is 0 Å². The molecule has 25 heavy (non-hydrogen) atoms. The molecule has 0 bridgehead atoms. The second kappa shape index (κ2) is 9.26. The van der Waals surface area contributed by atoms with Crippen LogP contribution in [0.3, 0.4) is 0 Å². The molecule has 0 saturated heterocycles. The molecule has 0 spiro atoms. The van der Waals surface area contributed by atoms with Crippen LogP contribution in [0.2, 0.25) is 10.0 Å². The maximum atomic E-state index is 12.0. The Morgan fingerprint density at radius 2 is 1.92 bits per heavy atom. The van der Waals surface area contributed by atoms with E-state index in [0.717, 1.165) is 16.9 Å². The number of ether oxygens (including phenoxy) is 1. The second-order valence-corrected chi connectivity index (χ2v) is 6.06. The molecule has 0 fully saturated rings. The molecule has 0 amide bonds. The number of methoxy groups -OCH3 is 1. The van der Waals surface area contributed by atoms with E-state index in [-0.39, 0.29) is 5.78 Å². The third-order valence-electron chi connectivity index (χ3n) is 3.52. The summed E-state index contributed by atoms with van der Waals surface area (Å²) in [6.07, 6.45) is 8.90. The van der Waals surface area contributed by atoms with Gasteiger partial charge in [-0.1, -0.05) is 53.6 Å². The van der Waals surface area contributed by atoms with E-state index in [1.54, 1.807) is 37.5 Å². The number of carbonyl (C=O) groups excluding carboxylic acids is 1. The fourth-order valence-corrected chi connectivity index (χ4v) is 2.64. The minimum atomic E-state index is -0.142. The smallest absolute Gasteiger partial charge is 0.178 e. The zero-order chi connectivity index (χ0) is 18.2. The van der Waals surface area contributed by atoms with Crippen molar-refractivity contribution in [2.75, 3.05) is 7.11 Å². The van der Waals surface area contributed by atoms with Gasteiger partial charge in [0.15, 0.2) is 5.78 Å². The van der Waals surface area contributed by atoms with Crippen molar-refractivity contribution in [3.05, 3.63) is 87.9 Å². The summed E-state index contributed by atoms with van der Waals surface area (Å²) in [4.78, 5) is 12.0. The summed E-state index contributed by atoms with van der Waals surface area (Å²) in [6.45, 7) is 3.74. The van der Waals surface area contributed by atoms with Crippen LogP contribution in [-0.4, -0.2) is 12.9 Å². The summed E-state index contributed by atoms with van der Waals surface area (Å²) in [6, 6.07) is 11.0. The van der Waals surface area contributed by atoms with E-state index in [4.69, 9.17) is 27.9 Å². The van der Waals surface area contributed by atoms with Crippen LogP contribution in [-0.2, 0) is 11.2 Å². The molecule has 0 unspecified atom stereocenters. The molecule has 0 radical (unpaired) electrons. The van der Waals surface area contributed by atoms with Gasteiger partial charge in [-0.25, -0.2) is 0 Å². The number of benzene rings is 2. The molecule has 0 aliphatic heterocycles. The van der Waals surface area contributed by atoms with Crippen molar-refractivity contribution in [1.82, 2.24) is 0 Å². The lowest BCUT2D eigenvalue weighted by Gasteiger charge is -2.07. The first kappa shape index (κ1) is 19.0. The quantitative estimate of drug-likeness (QED) is 0.438. The van der Waals surface area contributed by atoms with E-state index in [0.29, 0.717) is 22.0 Å². The summed E-state index contributed by atoms with van der Waals surface area (Å²) >= 11 is 12.0. The van der Waals surface area contributed by atoms with Crippen molar-refractivity contribution >= 4 is 41.1 Å². The molecule has 2 nitrogen and oxygen atoms in total. The molecule has 0 aliphatic rings. The number of rotatable bonds is 7. The van der Waals surface area contributed by atoms with Gasteiger partial charge in [0.1, 0.15) is 5.75 Å². The highest BCUT2D eigenvalue weighted by Gasteiger charge is 2.03. The van der Waals surface area contributed by atoms with Crippen molar-refractivity contribution in [3.63, 3.8) is 0 Å². The largest absolute Gasteiger partial charge is 0.496 e. The average molecular weight is 373 g/mol. The number of ketones is 1. The number of halogens is 2. The van der Waals surface area contributed by atoms with Crippen molar-refractivity contribution in [2.45, 2.75) is 6.42 Å². The van der Waals surface area contributed by atoms with E-state index >= 15 is 0 Å². The minimum Gasteiger partial charge on any atom is -0.496 e. The average Bonchev–Trinajstić information content (AvgIpc) is 2.61. The zero-order valence-corrected chi connectivity index (χ0v) is 15.3. The van der Waals surface area contributed by atoms with Crippen LogP contribution in [0.4, 0.5) is 0 Å². The lowest BCUT2D eigenvalue weighted by Crippen LogP contribution is -1.92. The summed E-state index contributed by atoms with van der Waals surface area (Å²) in [5.74, 6) is 0.663. The Kier molecular flexibility index (Phi) is 7.05. The molecule has 2 aromatic rings. The Hall–Kier alpha value is -2.29. The molecule has 128 valence electrons. The Morgan fingerprint density at radius 1 is 1.16 bits per heavy atom. The fourth-order valence-electron chi connectivity index (χ4n) is 2.27. The Morgan fingerprint density at radius 3 is 2.64 bits per heavy atom. The standard InChI is InChI=1S/C21H18Cl2O2/c1-3-5-17-14-15(9-13-20(17)25-2)8-11-18(24)12-10-16-6-4-7-19(22)21(16)23/h3-4,6-14H,1,5H2,2H3/b11-8+,12-10+. The SMILES string of the molecule is C=CCc1cc(/C=C/C(=O)/C=C/c2cccc(Cl)c2Cl)ccc1OC. The van der Waals surface area contributed by atoms with Gasteiger partial charge in [0.25, 0.3) is 0 Å². The molecule has 0 atom stereocenters. The molecule has 4 heteroatoms. The van der Waals surface area contributed by atoms with Gasteiger partial charge in [-0.05, 0) is 59.5 Å². The lowest BCUT2D eigenvalue weighted by atomic mass is 10.1. The molecule has 0 aromatic heterocycles.